The molecular weight excluding hydrogens is 605 g/mol. The summed E-state index contributed by atoms with van der Waals surface area (Å²) in [5.74, 6) is -4.88. The van der Waals surface area contributed by atoms with Gasteiger partial charge in [-0.25, -0.2) is 0 Å². The van der Waals surface area contributed by atoms with Crippen molar-refractivity contribution in [3.8, 4) is 0 Å². The van der Waals surface area contributed by atoms with Crippen molar-refractivity contribution < 1.29 is 45.8 Å². The highest BCUT2D eigenvalue weighted by Gasteiger charge is 2.50. The molecule has 1 saturated carbocycles. The highest BCUT2D eigenvalue weighted by Crippen LogP contribution is 2.42. The van der Waals surface area contributed by atoms with Crippen LogP contribution in [-0.2, 0) is 11.0 Å². The molecule has 2 heterocycles. The van der Waals surface area contributed by atoms with Gasteiger partial charge in [0, 0.05) is 18.9 Å². The van der Waals surface area contributed by atoms with Gasteiger partial charge in [0.25, 0.3) is 5.91 Å². The first-order valence-electron chi connectivity index (χ1n) is 12.3. The van der Waals surface area contributed by atoms with Gasteiger partial charge in [-0.15, -0.1) is 0 Å². The Kier molecular flexibility index (Phi) is 9.38. The molecule has 3 rings (SSSR count). The largest absolute Gasteiger partial charge is 0.481 e. The number of carbonyl (C=O) groups excluding carboxylic acids is 2. The molecule has 41 heavy (non-hydrogen) atoms. The number of amides is 1. The highest BCUT2D eigenvalue weighted by atomic mass is 35.5. The van der Waals surface area contributed by atoms with E-state index in [4.69, 9.17) is 23.2 Å². The third kappa shape index (κ3) is 6.96. The fourth-order valence-corrected chi connectivity index (χ4v) is 5.48. The number of Topliss-reactive ketones (excluding diaryl/α,β-unsaturated/α-hetero) is 1. The summed E-state index contributed by atoms with van der Waals surface area (Å²) in [5, 5.41) is 12.6. The molecule has 0 aliphatic heterocycles. The van der Waals surface area contributed by atoms with E-state index in [0.29, 0.717) is 15.8 Å². The lowest BCUT2D eigenvalue weighted by Gasteiger charge is -2.34. The molecule has 1 aliphatic rings. The SMILES string of the molecule is C[C@H]1C[C@@H](n2ncc(C(=O)N(CC(=O)c3c(Cl)cncc3Cl)CC(C)(C)C(F)(F)F)c2C(F)(F)F)CC[C@@H]1C(=O)O. The smallest absolute Gasteiger partial charge is 0.433 e. The van der Waals surface area contributed by atoms with Gasteiger partial charge in [0.15, 0.2) is 11.5 Å². The number of hydrogen-bond donors (Lipinski definition) is 1. The van der Waals surface area contributed by atoms with Gasteiger partial charge >= 0.3 is 18.3 Å². The molecule has 2 aromatic heterocycles. The Labute approximate surface area is 240 Å². The molecule has 2 aromatic rings. The van der Waals surface area contributed by atoms with E-state index in [1.165, 1.54) is 0 Å². The maximum atomic E-state index is 14.4. The Morgan fingerprint density at radius 3 is 2.12 bits per heavy atom. The van der Waals surface area contributed by atoms with Crippen molar-refractivity contribution in [3.63, 3.8) is 0 Å². The first-order valence-corrected chi connectivity index (χ1v) is 13.1. The summed E-state index contributed by atoms with van der Waals surface area (Å²) in [4.78, 5) is 42.1. The van der Waals surface area contributed by atoms with Crippen LogP contribution in [0.5, 0.6) is 0 Å². The normalized spacial score (nSPS) is 20.1. The maximum absolute atomic E-state index is 14.4. The van der Waals surface area contributed by atoms with Gasteiger partial charge in [0.1, 0.15) is 0 Å². The Bertz CT molecular complexity index is 1310. The number of aliphatic carboxylic acids is 1. The van der Waals surface area contributed by atoms with Crippen LogP contribution in [0.1, 0.15) is 72.5 Å². The van der Waals surface area contributed by atoms with Crippen molar-refractivity contribution >= 4 is 40.9 Å². The van der Waals surface area contributed by atoms with Crippen LogP contribution in [-0.4, -0.2) is 61.7 Å². The minimum atomic E-state index is -5.17. The molecule has 226 valence electrons. The first-order chi connectivity index (χ1) is 18.8. The Morgan fingerprint density at radius 2 is 1.63 bits per heavy atom. The molecule has 0 bridgehead atoms. The number of halogens is 8. The fourth-order valence-electron chi connectivity index (χ4n) is 4.90. The molecule has 1 amide bonds. The number of hydrogen-bond acceptors (Lipinski definition) is 5. The average molecular weight is 631 g/mol. The summed E-state index contributed by atoms with van der Waals surface area (Å²) < 4.78 is 85.0. The maximum Gasteiger partial charge on any atom is 0.433 e. The van der Waals surface area contributed by atoms with Crippen LogP contribution in [0.3, 0.4) is 0 Å². The molecule has 0 saturated heterocycles. The van der Waals surface area contributed by atoms with Gasteiger partial charge in [-0.1, -0.05) is 30.1 Å². The summed E-state index contributed by atoms with van der Waals surface area (Å²) in [5.41, 5.74) is -5.55. The van der Waals surface area contributed by atoms with E-state index in [9.17, 15) is 45.8 Å². The quantitative estimate of drug-likeness (QED) is 0.261. The number of rotatable bonds is 8. The van der Waals surface area contributed by atoms with Gasteiger partial charge in [-0.3, -0.25) is 24.0 Å². The lowest BCUT2D eigenvalue weighted by Crippen LogP contribution is -2.48. The van der Waals surface area contributed by atoms with E-state index in [1.54, 1.807) is 6.92 Å². The number of carboxylic acid groups (broad SMARTS) is 1. The Hall–Kier alpha value is -2.87. The molecule has 0 aromatic carbocycles. The van der Waals surface area contributed by atoms with E-state index >= 15 is 0 Å². The molecule has 0 radical (unpaired) electrons. The van der Waals surface area contributed by atoms with Gasteiger partial charge in [0.2, 0.25) is 0 Å². The minimum absolute atomic E-state index is 0.0116. The van der Waals surface area contributed by atoms with E-state index in [-0.39, 0.29) is 34.9 Å². The second kappa shape index (κ2) is 11.8. The number of pyridine rings is 1. The molecule has 1 N–H and O–H groups in total. The van der Waals surface area contributed by atoms with Crippen LogP contribution in [0.4, 0.5) is 26.3 Å². The standard InChI is InChI=1S/C25H26Cl2F6N4O4/c1-12-6-13(4-5-14(12)22(40)41)37-20(24(28,29)30)15(7-35-37)21(39)36(11-23(2,3)25(31,32)33)10-18(38)19-16(26)8-34-9-17(19)27/h7-9,12-14H,4-6,10-11H2,1-3H3,(H,40,41)/t12-,13-,14-/m0/s1. The zero-order valence-corrected chi connectivity index (χ0v) is 23.5. The van der Waals surface area contributed by atoms with Crippen molar-refractivity contribution in [1.29, 1.82) is 0 Å². The third-order valence-corrected chi connectivity index (χ3v) is 7.78. The number of carboxylic acids is 1. The van der Waals surface area contributed by atoms with E-state index in [1.807, 2.05) is 0 Å². The summed E-state index contributed by atoms with van der Waals surface area (Å²) in [6.07, 6.45) is -7.28. The van der Waals surface area contributed by atoms with Crippen LogP contribution in [0.25, 0.3) is 0 Å². The van der Waals surface area contributed by atoms with Crippen LogP contribution in [0.2, 0.25) is 10.0 Å². The Morgan fingerprint density at radius 1 is 1.05 bits per heavy atom. The minimum Gasteiger partial charge on any atom is -0.481 e. The van der Waals surface area contributed by atoms with Gasteiger partial charge in [-0.05, 0) is 39.0 Å². The zero-order chi connectivity index (χ0) is 31.1. The number of nitrogens with zero attached hydrogens (tertiary/aromatic N) is 4. The van der Waals surface area contributed by atoms with Crippen LogP contribution in [0.15, 0.2) is 18.6 Å². The van der Waals surface area contributed by atoms with Crippen molar-refractivity contribution in [3.05, 3.63) is 45.5 Å². The fraction of sp³-hybridized carbons (Fsp3) is 0.560. The summed E-state index contributed by atoms with van der Waals surface area (Å²) >= 11 is 12.0. The lowest BCUT2D eigenvalue weighted by molar-refractivity contribution is -0.214. The number of alkyl halides is 6. The van der Waals surface area contributed by atoms with Crippen molar-refractivity contribution in [2.45, 2.75) is 58.4 Å². The topological polar surface area (TPSA) is 105 Å². The summed E-state index contributed by atoms with van der Waals surface area (Å²) in [6.45, 7) is 0.798. The highest BCUT2D eigenvalue weighted by molar-refractivity contribution is 6.39. The predicted molar refractivity (Wildman–Crippen MR) is 135 cm³/mol. The van der Waals surface area contributed by atoms with Crippen LogP contribution in [0, 0.1) is 17.3 Å². The molecular formula is C25H26Cl2F6N4O4. The number of ketones is 1. The van der Waals surface area contributed by atoms with Crippen molar-refractivity contribution in [2.24, 2.45) is 17.3 Å². The van der Waals surface area contributed by atoms with Crippen LogP contribution >= 0.6 is 23.2 Å². The van der Waals surface area contributed by atoms with Crippen LogP contribution < -0.4 is 0 Å². The zero-order valence-electron chi connectivity index (χ0n) is 22.0. The molecule has 8 nitrogen and oxygen atoms in total. The monoisotopic (exact) mass is 630 g/mol. The lowest BCUT2D eigenvalue weighted by atomic mass is 9.78. The van der Waals surface area contributed by atoms with E-state index in [0.717, 1.165) is 26.2 Å². The molecule has 1 aliphatic carbocycles. The average Bonchev–Trinajstić information content (AvgIpc) is 3.28. The molecule has 16 heteroatoms. The molecule has 0 unspecified atom stereocenters. The van der Waals surface area contributed by atoms with Gasteiger partial charge < -0.3 is 10.0 Å². The van der Waals surface area contributed by atoms with Crippen molar-refractivity contribution in [1.82, 2.24) is 19.7 Å². The number of carbonyl (C=O) groups is 3. The van der Waals surface area contributed by atoms with Gasteiger partial charge in [-0.2, -0.15) is 31.4 Å². The summed E-state index contributed by atoms with van der Waals surface area (Å²) in [6, 6.07) is -0.921. The first kappa shape index (κ1) is 32.6. The third-order valence-electron chi connectivity index (χ3n) is 7.21. The molecule has 3 atom stereocenters. The summed E-state index contributed by atoms with van der Waals surface area (Å²) in [7, 11) is 0. The Balaban J connectivity index is 2.06. The van der Waals surface area contributed by atoms with Crippen molar-refractivity contribution in [2.75, 3.05) is 13.1 Å². The molecule has 1 fully saturated rings. The predicted octanol–water partition coefficient (Wildman–Crippen LogP) is 6.58. The number of aromatic nitrogens is 3. The molecule has 0 spiro atoms. The van der Waals surface area contributed by atoms with E-state index < -0.39 is 77.7 Å². The van der Waals surface area contributed by atoms with Gasteiger partial charge in [0.05, 0.1) is 51.3 Å². The second-order valence-corrected chi connectivity index (χ2v) is 11.5. The van der Waals surface area contributed by atoms with E-state index in [2.05, 4.69) is 10.1 Å². The second-order valence-electron chi connectivity index (χ2n) is 10.7.